The number of hydrogen-bond donors (Lipinski definition) is 1. The molecular formula is C23H22FN3O4. The standard InChI is InChI=1S/C23H22FN3O4/c1-13(28)15-7-8-22(26-23(15)16-6-5-14(24)9-19(16)29-2)27-12-25-17-10-20(30-3)21(31-4)11-18(17)27/h5-13,28H,1-4H3. The van der Waals surface area contributed by atoms with E-state index in [4.69, 9.17) is 19.2 Å². The third-order valence-corrected chi connectivity index (χ3v) is 5.08. The van der Waals surface area contributed by atoms with Crippen LogP contribution in [0, 0.1) is 5.82 Å². The molecule has 0 amide bonds. The van der Waals surface area contributed by atoms with E-state index >= 15 is 0 Å². The van der Waals surface area contributed by atoms with Crippen LogP contribution in [0.5, 0.6) is 17.2 Å². The van der Waals surface area contributed by atoms with Gasteiger partial charge >= 0.3 is 0 Å². The first-order chi connectivity index (χ1) is 15.0. The summed E-state index contributed by atoms with van der Waals surface area (Å²) in [4.78, 5) is 9.23. The molecule has 0 saturated carbocycles. The van der Waals surface area contributed by atoms with Crippen LogP contribution in [0.1, 0.15) is 18.6 Å². The van der Waals surface area contributed by atoms with Crippen LogP contribution in [0.25, 0.3) is 28.1 Å². The number of nitrogens with zero attached hydrogens (tertiary/aromatic N) is 3. The van der Waals surface area contributed by atoms with Crippen molar-refractivity contribution in [3.8, 4) is 34.3 Å². The Hall–Kier alpha value is -3.65. The molecule has 4 rings (SSSR count). The summed E-state index contributed by atoms with van der Waals surface area (Å²) in [5, 5.41) is 10.3. The summed E-state index contributed by atoms with van der Waals surface area (Å²) in [7, 11) is 4.60. The number of ether oxygens (including phenoxy) is 3. The minimum atomic E-state index is -0.782. The maximum atomic E-state index is 13.7. The van der Waals surface area contributed by atoms with E-state index in [0.717, 1.165) is 5.52 Å². The highest BCUT2D eigenvalue weighted by Gasteiger charge is 2.19. The molecular weight excluding hydrogens is 401 g/mol. The molecule has 0 bridgehead atoms. The van der Waals surface area contributed by atoms with Gasteiger partial charge in [-0.3, -0.25) is 4.57 Å². The van der Waals surface area contributed by atoms with Gasteiger partial charge < -0.3 is 19.3 Å². The summed E-state index contributed by atoms with van der Waals surface area (Å²) in [5.74, 6) is 1.62. The smallest absolute Gasteiger partial charge is 0.163 e. The average Bonchev–Trinajstić information content (AvgIpc) is 3.20. The maximum Gasteiger partial charge on any atom is 0.163 e. The normalized spacial score (nSPS) is 12.1. The summed E-state index contributed by atoms with van der Waals surface area (Å²) in [6.07, 6.45) is 0.870. The molecule has 160 valence electrons. The number of fused-ring (bicyclic) bond motifs is 1. The van der Waals surface area contributed by atoms with Gasteiger partial charge in [0, 0.05) is 29.3 Å². The number of pyridine rings is 1. The van der Waals surface area contributed by atoms with Gasteiger partial charge in [-0.15, -0.1) is 0 Å². The Labute approximate surface area is 178 Å². The van der Waals surface area contributed by atoms with Gasteiger partial charge in [-0.2, -0.15) is 0 Å². The molecule has 31 heavy (non-hydrogen) atoms. The molecule has 0 radical (unpaired) electrons. The lowest BCUT2D eigenvalue weighted by molar-refractivity contribution is 0.199. The summed E-state index contributed by atoms with van der Waals surface area (Å²) in [6, 6.07) is 11.4. The third-order valence-electron chi connectivity index (χ3n) is 5.08. The Morgan fingerprint density at radius 1 is 0.935 bits per heavy atom. The number of benzene rings is 2. The van der Waals surface area contributed by atoms with Crippen LogP contribution >= 0.6 is 0 Å². The molecule has 0 fully saturated rings. The van der Waals surface area contributed by atoms with E-state index in [-0.39, 0.29) is 0 Å². The second kappa shape index (κ2) is 8.23. The van der Waals surface area contributed by atoms with Gasteiger partial charge in [0.25, 0.3) is 0 Å². The lowest BCUT2D eigenvalue weighted by Crippen LogP contribution is -2.04. The molecule has 2 heterocycles. The highest BCUT2D eigenvalue weighted by molar-refractivity contribution is 5.82. The molecule has 8 heteroatoms. The van der Waals surface area contributed by atoms with Crippen molar-refractivity contribution in [1.29, 1.82) is 0 Å². The summed E-state index contributed by atoms with van der Waals surface area (Å²) >= 11 is 0. The van der Waals surface area contributed by atoms with Crippen LogP contribution in [0.4, 0.5) is 4.39 Å². The van der Waals surface area contributed by atoms with E-state index in [1.807, 2.05) is 10.6 Å². The van der Waals surface area contributed by atoms with Crippen molar-refractivity contribution in [3.63, 3.8) is 0 Å². The lowest BCUT2D eigenvalue weighted by Gasteiger charge is -2.16. The summed E-state index contributed by atoms with van der Waals surface area (Å²) < 4.78 is 31.7. The highest BCUT2D eigenvalue weighted by Crippen LogP contribution is 2.36. The molecule has 0 saturated heterocycles. The number of aliphatic hydroxyl groups is 1. The first-order valence-corrected chi connectivity index (χ1v) is 9.59. The number of hydrogen-bond acceptors (Lipinski definition) is 6. The molecule has 2 aromatic heterocycles. The first kappa shape index (κ1) is 20.6. The van der Waals surface area contributed by atoms with E-state index in [9.17, 15) is 9.50 Å². The predicted octanol–water partition coefficient (Wildman–Crippen LogP) is 4.31. The predicted molar refractivity (Wildman–Crippen MR) is 115 cm³/mol. The maximum absolute atomic E-state index is 13.7. The fourth-order valence-corrected chi connectivity index (χ4v) is 3.53. The van der Waals surface area contributed by atoms with Crippen molar-refractivity contribution in [1.82, 2.24) is 14.5 Å². The molecule has 2 aromatic carbocycles. The molecule has 7 nitrogen and oxygen atoms in total. The first-order valence-electron chi connectivity index (χ1n) is 9.59. The zero-order chi connectivity index (χ0) is 22.1. The summed E-state index contributed by atoms with van der Waals surface area (Å²) in [5.41, 5.74) is 3.14. The van der Waals surface area contributed by atoms with Crippen LogP contribution in [-0.4, -0.2) is 41.0 Å². The van der Waals surface area contributed by atoms with Gasteiger partial charge in [0.1, 0.15) is 23.7 Å². The Morgan fingerprint density at radius 3 is 2.32 bits per heavy atom. The van der Waals surface area contributed by atoms with Crippen LogP contribution in [0.2, 0.25) is 0 Å². The zero-order valence-electron chi connectivity index (χ0n) is 17.6. The minimum absolute atomic E-state index is 0.327. The van der Waals surface area contributed by atoms with Gasteiger partial charge in [-0.1, -0.05) is 6.07 Å². The topological polar surface area (TPSA) is 78.6 Å². The Kier molecular flexibility index (Phi) is 5.48. The van der Waals surface area contributed by atoms with Gasteiger partial charge in [-0.25, -0.2) is 14.4 Å². The van der Waals surface area contributed by atoms with Gasteiger partial charge in [0.15, 0.2) is 11.5 Å². The average molecular weight is 423 g/mol. The quantitative estimate of drug-likeness (QED) is 0.498. The van der Waals surface area contributed by atoms with Crippen LogP contribution in [0.3, 0.4) is 0 Å². The van der Waals surface area contributed by atoms with E-state index in [1.54, 1.807) is 51.7 Å². The van der Waals surface area contributed by atoms with Gasteiger partial charge in [0.2, 0.25) is 0 Å². The van der Waals surface area contributed by atoms with Crippen molar-refractivity contribution < 1.29 is 23.7 Å². The van der Waals surface area contributed by atoms with Crippen molar-refractivity contribution in [2.75, 3.05) is 21.3 Å². The third kappa shape index (κ3) is 3.66. The Morgan fingerprint density at radius 2 is 1.65 bits per heavy atom. The number of aromatic nitrogens is 3. The fraction of sp³-hybridized carbons (Fsp3) is 0.217. The molecule has 0 aliphatic carbocycles. The number of methoxy groups -OCH3 is 3. The number of halogens is 1. The van der Waals surface area contributed by atoms with Crippen molar-refractivity contribution in [3.05, 3.63) is 60.2 Å². The van der Waals surface area contributed by atoms with Crippen LogP contribution < -0.4 is 14.2 Å². The van der Waals surface area contributed by atoms with Crippen molar-refractivity contribution in [2.24, 2.45) is 0 Å². The van der Waals surface area contributed by atoms with Crippen LogP contribution in [-0.2, 0) is 0 Å². The molecule has 0 aliphatic heterocycles. The second-order valence-corrected chi connectivity index (χ2v) is 6.94. The van der Waals surface area contributed by atoms with E-state index in [0.29, 0.717) is 45.4 Å². The van der Waals surface area contributed by atoms with Gasteiger partial charge in [-0.05, 0) is 25.1 Å². The number of aliphatic hydroxyl groups excluding tert-OH is 1. The number of rotatable bonds is 6. The Balaban J connectivity index is 1.93. The highest BCUT2D eigenvalue weighted by atomic mass is 19.1. The van der Waals surface area contributed by atoms with E-state index < -0.39 is 11.9 Å². The molecule has 1 unspecified atom stereocenters. The van der Waals surface area contributed by atoms with Gasteiger partial charge in [0.05, 0.1) is 44.2 Å². The van der Waals surface area contributed by atoms with Crippen molar-refractivity contribution >= 4 is 11.0 Å². The minimum Gasteiger partial charge on any atom is -0.496 e. The van der Waals surface area contributed by atoms with E-state index in [2.05, 4.69) is 4.98 Å². The van der Waals surface area contributed by atoms with E-state index in [1.165, 1.54) is 19.2 Å². The van der Waals surface area contributed by atoms with Crippen LogP contribution in [0.15, 0.2) is 48.8 Å². The lowest BCUT2D eigenvalue weighted by atomic mass is 10.0. The largest absolute Gasteiger partial charge is 0.496 e. The number of imidazole rings is 1. The van der Waals surface area contributed by atoms with Crippen molar-refractivity contribution in [2.45, 2.75) is 13.0 Å². The molecule has 4 aromatic rings. The Bertz CT molecular complexity index is 1250. The fourth-order valence-electron chi connectivity index (χ4n) is 3.53. The second-order valence-electron chi connectivity index (χ2n) is 6.94. The monoisotopic (exact) mass is 423 g/mol. The molecule has 1 N–H and O–H groups in total. The molecule has 0 spiro atoms. The SMILES string of the molecule is COc1cc2ncn(-c3ccc(C(C)O)c(-c4ccc(F)cc4OC)n3)c2cc1OC. The zero-order valence-corrected chi connectivity index (χ0v) is 17.6. The molecule has 1 atom stereocenters. The molecule has 0 aliphatic rings. The summed E-state index contributed by atoms with van der Waals surface area (Å²) in [6.45, 7) is 1.65.